The molecular formula is C21H18FN3O3. The van der Waals surface area contributed by atoms with Gasteiger partial charge in [-0.15, -0.1) is 0 Å². The Hall–Kier alpha value is -3.45. The normalized spacial score (nSPS) is 12.2. The molecule has 0 fully saturated rings. The van der Waals surface area contributed by atoms with Gasteiger partial charge < -0.3 is 14.4 Å². The number of ether oxygens (including phenoxy) is 1. The van der Waals surface area contributed by atoms with Crippen molar-refractivity contribution >= 4 is 5.52 Å². The first-order valence-corrected chi connectivity index (χ1v) is 8.72. The van der Waals surface area contributed by atoms with E-state index < -0.39 is 6.10 Å². The molecule has 1 atom stereocenters. The van der Waals surface area contributed by atoms with Crippen LogP contribution in [0.1, 0.15) is 11.7 Å². The first-order valence-electron chi connectivity index (χ1n) is 8.72. The molecule has 0 aliphatic carbocycles. The van der Waals surface area contributed by atoms with E-state index >= 15 is 0 Å². The summed E-state index contributed by atoms with van der Waals surface area (Å²) in [5.74, 6) is 0.365. The molecule has 0 spiro atoms. The number of aliphatic hydroxyl groups is 1. The van der Waals surface area contributed by atoms with E-state index in [0.717, 1.165) is 0 Å². The highest BCUT2D eigenvalue weighted by Crippen LogP contribution is 2.20. The first kappa shape index (κ1) is 17.9. The van der Waals surface area contributed by atoms with Crippen LogP contribution in [-0.4, -0.2) is 26.4 Å². The fourth-order valence-corrected chi connectivity index (χ4v) is 3.05. The van der Waals surface area contributed by atoms with Gasteiger partial charge in [0.05, 0.1) is 25.5 Å². The van der Waals surface area contributed by atoms with Gasteiger partial charge in [-0.3, -0.25) is 4.79 Å². The van der Waals surface area contributed by atoms with Crippen LogP contribution in [0, 0.1) is 5.82 Å². The predicted octanol–water partition coefficient (Wildman–Crippen LogP) is 3.04. The van der Waals surface area contributed by atoms with Crippen molar-refractivity contribution in [3.63, 3.8) is 0 Å². The van der Waals surface area contributed by atoms with Gasteiger partial charge in [-0.05, 0) is 48.0 Å². The van der Waals surface area contributed by atoms with E-state index in [9.17, 15) is 14.3 Å². The summed E-state index contributed by atoms with van der Waals surface area (Å²) in [6.45, 7) is 0.110. The minimum atomic E-state index is -0.842. The van der Waals surface area contributed by atoms with E-state index in [4.69, 9.17) is 4.74 Å². The average molecular weight is 379 g/mol. The third kappa shape index (κ3) is 3.39. The van der Waals surface area contributed by atoms with Crippen molar-refractivity contribution in [3.8, 4) is 17.0 Å². The molecule has 0 bridgehead atoms. The van der Waals surface area contributed by atoms with Gasteiger partial charge in [0.2, 0.25) is 0 Å². The van der Waals surface area contributed by atoms with Gasteiger partial charge in [-0.1, -0.05) is 12.1 Å². The van der Waals surface area contributed by atoms with Gasteiger partial charge in [0.1, 0.15) is 17.1 Å². The summed E-state index contributed by atoms with van der Waals surface area (Å²) in [6, 6.07) is 14.6. The summed E-state index contributed by atoms with van der Waals surface area (Å²) in [7, 11) is 1.58. The molecule has 2 aromatic carbocycles. The van der Waals surface area contributed by atoms with E-state index in [1.165, 1.54) is 21.2 Å². The Morgan fingerprint density at radius 3 is 2.50 bits per heavy atom. The van der Waals surface area contributed by atoms with Gasteiger partial charge in [-0.2, -0.15) is 5.10 Å². The quantitative estimate of drug-likeness (QED) is 0.579. The molecule has 1 unspecified atom stereocenters. The Morgan fingerprint density at radius 2 is 1.82 bits per heavy atom. The molecule has 7 heteroatoms. The molecule has 142 valence electrons. The lowest BCUT2D eigenvalue weighted by Gasteiger charge is -2.13. The maximum atomic E-state index is 13.1. The van der Waals surface area contributed by atoms with Crippen LogP contribution in [0.2, 0.25) is 0 Å². The van der Waals surface area contributed by atoms with Crippen LogP contribution < -0.4 is 10.3 Å². The topological polar surface area (TPSA) is 68.8 Å². The zero-order valence-electron chi connectivity index (χ0n) is 15.1. The molecule has 0 amide bonds. The number of methoxy groups -OCH3 is 1. The number of fused-ring (bicyclic) bond motifs is 1. The number of aliphatic hydroxyl groups excluding tert-OH is 1. The van der Waals surface area contributed by atoms with E-state index in [2.05, 4.69) is 5.10 Å². The van der Waals surface area contributed by atoms with Crippen molar-refractivity contribution in [1.29, 1.82) is 0 Å². The maximum absolute atomic E-state index is 13.1. The molecule has 1 N–H and O–H groups in total. The zero-order chi connectivity index (χ0) is 19.7. The highest BCUT2D eigenvalue weighted by atomic mass is 19.1. The molecule has 28 heavy (non-hydrogen) atoms. The number of nitrogens with zero attached hydrogens (tertiary/aromatic N) is 3. The molecule has 0 radical (unpaired) electrons. The van der Waals surface area contributed by atoms with Crippen molar-refractivity contribution in [1.82, 2.24) is 14.2 Å². The van der Waals surface area contributed by atoms with Gasteiger partial charge in [0, 0.05) is 18.0 Å². The molecule has 0 aliphatic rings. The molecule has 4 rings (SSSR count). The number of hydrogen-bond donors (Lipinski definition) is 1. The van der Waals surface area contributed by atoms with Crippen LogP contribution in [0.5, 0.6) is 5.75 Å². The van der Waals surface area contributed by atoms with Crippen molar-refractivity contribution in [2.24, 2.45) is 0 Å². The zero-order valence-corrected chi connectivity index (χ0v) is 15.1. The monoisotopic (exact) mass is 379 g/mol. The van der Waals surface area contributed by atoms with Crippen LogP contribution in [0.15, 0.2) is 71.8 Å². The third-order valence-electron chi connectivity index (χ3n) is 4.61. The third-order valence-corrected chi connectivity index (χ3v) is 4.61. The number of halogens is 1. The van der Waals surface area contributed by atoms with Crippen LogP contribution >= 0.6 is 0 Å². The van der Waals surface area contributed by atoms with E-state index in [0.29, 0.717) is 28.1 Å². The highest BCUT2D eigenvalue weighted by molar-refractivity contribution is 5.65. The smallest absolute Gasteiger partial charge is 0.276 e. The van der Waals surface area contributed by atoms with Crippen molar-refractivity contribution in [3.05, 3.63) is 88.7 Å². The van der Waals surface area contributed by atoms with E-state index in [-0.39, 0.29) is 17.9 Å². The summed E-state index contributed by atoms with van der Waals surface area (Å²) >= 11 is 0. The summed E-state index contributed by atoms with van der Waals surface area (Å²) < 4.78 is 21.2. The largest absolute Gasteiger partial charge is 0.497 e. The van der Waals surface area contributed by atoms with Crippen molar-refractivity contribution in [2.75, 3.05) is 7.11 Å². The second-order valence-corrected chi connectivity index (χ2v) is 6.41. The molecule has 2 heterocycles. The second kappa shape index (κ2) is 7.28. The highest BCUT2D eigenvalue weighted by Gasteiger charge is 2.13. The Balaban J connectivity index is 1.63. The second-order valence-electron chi connectivity index (χ2n) is 6.41. The van der Waals surface area contributed by atoms with Gasteiger partial charge in [0.15, 0.2) is 0 Å². The number of rotatable bonds is 5. The fourth-order valence-electron chi connectivity index (χ4n) is 3.05. The summed E-state index contributed by atoms with van der Waals surface area (Å²) in [5, 5.41) is 14.9. The molecule has 0 saturated carbocycles. The van der Waals surface area contributed by atoms with Crippen molar-refractivity contribution < 1.29 is 14.2 Å². The number of hydrogen-bond acceptors (Lipinski definition) is 4. The van der Waals surface area contributed by atoms with Crippen LogP contribution in [-0.2, 0) is 6.54 Å². The summed E-state index contributed by atoms with van der Waals surface area (Å²) in [5.41, 5.74) is 2.09. The van der Waals surface area contributed by atoms with E-state index in [1.807, 2.05) is 0 Å². The maximum Gasteiger partial charge on any atom is 0.276 e. The summed E-state index contributed by atoms with van der Waals surface area (Å²) in [4.78, 5) is 12.8. The SMILES string of the molecule is COc1ccc(C(O)Cn2ccn3nc(-c4ccc(F)cc4)cc3c2=O)cc1. The minimum absolute atomic E-state index is 0.110. The lowest BCUT2D eigenvalue weighted by molar-refractivity contribution is 0.155. The predicted molar refractivity (Wildman–Crippen MR) is 103 cm³/mol. The molecule has 2 aromatic heterocycles. The molecule has 6 nitrogen and oxygen atoms in total. The van der Waals surface area contributed by atoms with Gasteiger partial charge >= 0.3 is 0 Å². The first-order chi connectivity index (χ1) is 13.5. The fraction of sp³-hybridized carbons (Fsp3) is 0.143. The Kier molecular flexibility index (Phi) is 4.67. The Morgan fingerprint density at radius 1 is 1.11 bits per heavy atom. The van der Waals surface area contributed by atoms with Crippen LogP contribution in [0.4, 0.5) is 4.39 Å². The van der Waals surface area contributed by atoms with Gasteiger partial charge in [-0.25, -0.2) is 8.91 Å². The van der Waals surface area contributed by atoms with Crippen LogP contribution in [0.25, 0.3) is 16.8 Å². The number of benzene rings is 2. The number of aromatic nitrogens is 3. The average Bonchev–Trinajstić information content (AvgIpc) is 3.16. The van der Waals surface area contributed by atoms with Gasteiger partial charge in [0.25, 0.3) is 5.56 Å². The molecule has 4 aromatic rings. The molecule has 0 saturated heterocycles. The van der Waals surface area contributed by atoms with Crippen LogP contribution in [0.3, 0.4) is 0 Å². The van der Waals surface area contributed by atoms with Crippen molar-refractivity contribution in [2.45, 2.75) is 12.6 Å². The minimum Gasteiger partial charge on any atom is -0.497 e. The Labute approximate surface area is 160 Å². The Bertz CT molecular complexity index is 1160. The van der Waals surface area contributed by atoms with E-state index in [1.54, 1.807) is 62.0 Å². The molecular weight excluding hydrogens is 361 g/mol. The lowest BCUT2D eigenvalue weighted by Crippen LogP contribution is -2.24. The summed E-state index contributed by atoms with van der Waals surface area (Å²) in [6.07, 6.45) is 2.40. The molecule has 0 aliphatic heterocycles. The standard InChI is InChI=1S/C21H18FN3O3/c1-28-17-8-4-15(5-9-17)20(26)13-24-10-11-25-19(21(24)27)12-18(23-25)14-2-6-16(22)7-3-14/h2-12,20,26H,13H2,1H3. The lowest BCUT2D eigenvalue weighted by atomic mass is 10.1.